The lowest BCUT2D eigenvalue weighted by Gasteiger charge is -2.17. The third-order valence-electron chi connectivity index (χ3n) is 2.58. The van der Waals surface area contributed by atoms with E-state index in [4.69, 9.17) is 23.1 Å². The number of carboxylic acid groups (broad SMARTS) is 1. The Morgan fingerprint density at radius 3 is 2.75 bits per heavy atom. The molecular formula is C14H15ClN2O3. The van der Waals surface area contributed by atoms with E-state index in [9.17, 15) is 9.59 Å². The molecule has 2 N–H and O–H groups in total. The molecule has 0 aliphatic carbocycles. The Morgan fingerprint density at radius 1 is 1.45 bits per heavy atom. The molecule has 0 spiro atoms. The van der Waals surface area contributed by atoms with Crippen LogP contribution in [-0.4, -0.2) is 41.5 Å². The summed E-state index contributed by atoms with van der Waals surface area (Å²) in [7, 11) is 0. The van der Waals surface area contributed by atoms with Gasteiger partial charge in [-0.3, -0.25) is 14.5 Å². The zero-order chi connectivity index (χ0) is 15.1. The Balaban J connectivity index is 2.68. The Kier molecular flexibility index (Phi) is 6.04. The standard InChI is InChI=1S/C14H15ClN2O3/c1-3-7-17(9-14(19)20)8-13(18)16-12-6-4-5-11(15)10(12)2/h1,4-6H,7-9H2,2H3,(H,16,18)(H,19,20). The second-order valence-electron chi connectivity index (χ2n) is 4.20. The third kappa shape index (κ3) is 4.92. The van der Waals surface area contributed by atoms with Crippen LogP contribution in [0.1, 0.15) is 5.56 Å². The number of anilines is 1. The Bertz CT molecular complexity index is 552. The van der Waals surface area contributed by atoms with Gasteiger partial charge >= 0.3 is 5.97 Å². The van der Waals surface area contributed by atoms with Crippen LogP contribution >= 0.6 is 11.6 Å². The Hall–Kier alpha value is -2.03. The summed E-state index contributed by atoms with van der Waals surface area (Å²) in [6, 6.07) is 5.17. The highest BCUT2D eigenvalue weighted by atomic mass is 35.5. The molecule has 0 bridgehead atoms. The molecule has 0 aliphatic heterocycles. The minimum absolute atomic E-state index is 0.0915. The van der Waals surface area contributed by atoms with Gasteiger partial charge in [-0.15, -0.1) is 6.42 Å². The van der Waals surface area contributed by atoms with Crippen LogP contribution in [0.4, 0.5) is 5.69 Å². The van der Waals surface area contributed by atoms with Crippen LogP contribution in [0, 0.1) is 19.3 Å². The van der Waals surface area contributed by atoms with E-state index in [0.717, 1.165) is 5.56 Å². The number of halogens is 1. The van der Waals surface area contributed by atoms with Crippen molar-refractivity contribution in [3.8, 4) is 12.3 Å². The SMILES string of the molecule is C#CCN(CC(=O)O)CC(=O)Nc1cccc(Cl)c1C. The zero-order valence-electron chi connectivity index (χ0n) is 11.0. The molecule has 6 heteroatoms. The number of carbonyl (C=O) groups excluding carboxylic acids is 1. The van der Waals surface area contributed by atoms with E-state index in [1.54, 1.807) is 25.1 Å². The third-order valence-corrected chi connectivity index (χ3v) is 2.99. The molecule has 106 valence electrons. The summed E-state index contributed by atoms with van der Waals surface area (Å²) >= 11 is 5.96. The summed E-state index contributed by atoms with van der Waals surface area (Å²) in [4.78, 5) is 23.9. The molecule has 1 amide bonds. The molecule has 0 heterocycles. The van der Waals surface area contributed by atoms with Crippen molar-refractivity contribution in [1.29, 1.82) is 0 Å². The van der Waals surface area contributed by atoms with Gasteiger partial charge in [0.25, 0.3) is 0 Å². The van der Waals surface area contributed by atoms with Crippen molar-refractivity contribution in [3.05, 3.63) is 28.8 Å². The van der Waals surface area contributed by atoms with Crippen molar-refractivity contribution >= 4 is 29.2 Å². The van der Waals surface area contributed by atoms with Gasteiger partial charge < -0.3 is 10.4 Å². The molecular weight excluding hydrogens is 280 g/mol. The average molecular weight is 295 g/mol. The highest BCUT2D eigenvalue weighted by Gasteiger charge is 2.14. The molecule has 0 saturated heterocycles. The second-order valence-corrected chi connectivity index (χ2v) is 4.61. The van der Waals surface area contributed by atoms with Crippen LogP contribution in [0.15, 0.2) is 18.2 Å². The van der Waals surface area contributed by atoms with Gasteiger partial charge in [0.2, 0.25) is 5.91 Å². The summed E-state index contributed by atoms with van der Waals surface area (Å²) in [6.45, 7) is 1.50. The summed E-state index contributed by atoms with van der Waals surface area (Å²) in [5.74, 6) is 0.948. The first-order chi connectivity index (χ1) is 9.43. The van der Waals surface area contributed by atoms with Gasteiger partial charge in [-0.2, -0.15) is 0 Å². The zero-order valence-corrected chi connectivity index (χ0v) is 11.8. The van der Waals surface area contributed by atoms with E-state index in [0.29, 0.717) is 10.7 Å². The van der Waals surface area contributed by atoms with Gasteiger partial charge in [0, 0.05) is 10.7 Å². The maximum atomic E-state index is 11.9. The van der Waals surface area contributed by atoms with Gasteiger partial charge in [-0.1, -0.05) is 23.6 Å². The summed E-state index contributed by atoms with van der Waals surface area (Å²) in [5.41, 5.74) is 1.35. The van der Waals surface area contributed by atoms with Crippen molar-refractivity contribution in [2.24, 2.45) is 0 Å². The number of carbonyl (C=O) groups is 2. The Morgan fingerprint density at radius 2 is 2.15 bits per heavy atom. The van der Waals surface area contributed by atoms with E-state index in [2.05, 4.69) is 11.2 Å². The molecule has 0 radical (unpaired) electrons. The lowest BCUT2D eigenvalue weighted by Crippen LogP contribution is -2.37. The summed E-state index contributed by atoms with van der Waals surface area (Å²) < 4.78 is 0. The second kappa shape index (κ2) is 7.53. The average Bonchev–Trinajstić information content (AvgIpc) is 2.34. The molecule has 0 aromatic heterocycles. The fourth-order valence-corrected chi connectivity index (χ4v) is 1.80. The predicted molar refractivity (Wildman–Crippen MR) is 77.7 cm³/mol. The van der Waals surface area contributed by atoms with Gasteiger partial charge in [0.15, 0.2) is 0 Å². The number of hydrogen-bond donors (Lipinski definition) is 2. The van der Waals surface area contributed by atoms with Crippen molar-refractivity contribution in [3.63, 3.8) is 0 Å². The molecule has 5 nitrogen and oxygen atoms in total. The molecule has 0 atom stereocenters. The number of rotatable bonds is 6. The number of nitrogens with zero attached hydrogens (tertiary/aromatic N) is 1. The van der Waals surface area contributed by atoms with E-state index < -0.39 is 5.97 Å². The van der Waals surface area contributed by atoms with Crippen LogP contribution in [-0.2, 0) is 9.59 Å². The minimum Gasteiger partial charge on any atom is -0.480 e. The van der Waals surface area contributed by atoms with Crippen molar-refractivity contribution in [1.82, 2.24) is 4.90 Å². The van der Waals surface area contributed by atoms with E-state index in [-0.39, 0.29) is 25.5 Å². The highest BCUT2D eigenvalue weighted by molar-refractivity contribution is 6.31. The monoisotopic (exact) mass is 294 g/mol. The molecule has 1 aromatic rings. The van der Waals surface area contributed by atoms with Gasteiger partial charge in [-0.05, 0) is 24.6 Å². The van der Waals surface area contributed by atoms with Crippen LogP contribution in [0.5, 0.6) is 0 Å². The fraction of sp³-hybridized carbons (Fsp3) is 0.286. The first-order valence-electron chi connectivity index (χ1n) is 5.86. The minimum atomic E-state index is -1.04. The normalized spacial score (nSPS) is 10.1. The number of amides is 1. The lowest BCUT2D eigenvalue weighted by molar-refractivity contribution is -0.138. The summed E-state index contributed by atoms with van der Waals surface area (Å²) in [6.07, 6.45) is 5.14. The first-order valence-corrected chi connectivity index (χ1v) is 6.24. The van der Waals surface area contributed by atoms with Gasteiger partial charge in [0.1, 0.15) is 0 Å². The quantitative estimate of drug-likeness (QED) is 0.782. The van der Waals surface area contributed by atoms with E-state index in [1.165, 1.54) is 4.90 Å². The van der Waals surface area contributed by atoms with Crippen LogP contribution in [0.3, 0.4) is 0 Å². The number of benzene rings is 1. The molecule has 0 aliphatic rings. The fourth-order valence-electron chi connectivity index (χ4n) is 1.62. The van der Waals surface area contributed by atoms with E-state index >= 15 is 0 Å². The molecule has 0 unspecified atom stereocenters. The van der Waals surface area contributed by atoms with Crippen LogP contribution in [0.2, 0.25) is 5.02 Å². The van der Waals surface area contributed by atoms with Crippen LogP contribution < -0.4 is 5.32 Å². The molecule has 1 rings (SSSR count). The molecule has 20 heavy (non-hydrogen) atoms. The predicted octanol–water partition coefficient (Wildman–Crippen LogP) is 1.61. The smallest absolute Gasteiger partial charge is 0.317 e. The largest absolute Gasteiger partial charge is 0.480 e. The van der Waals surface area contributed by atoms with E-state index in [1.807, 2.05) is 0 Å². The molecule has 0 fully saturated rings. The maximum absolute atomic E-state index is 11.9. The number of aliphatic carboxylic acids is 1. The first kappa shape index (κ1) is 16.0. The summed E-state index contributed by atoms with van der Waals surface area (Å²) in [5, 5.41) is 12.0. The molecule has 0 saturated carbocycles. The number of terminal acetylenes is 1. The topological polar surface area (TPSA) is 69.6 Å². The van der Waals surface area contributed by atoms with Crippen molar-refractivity contribution in [2.75, 3.05) is 25.0 Å². The molecule has 1 aromatic carbocycles. The maximum Gasteiger partial charge on any atom is 0.317 e. The van der Waals surface area contributed by atoms with Crippen molar-refractivity contribution in [2.45, 2.75) is 6.92 Å². The Labute approximate surface area is 122 Å². The number of carboxylic acids is 1. The van der Waals surface area contributed by atoms with Gasteiger partial charge in [-0.25, -0.2) is 0 Å². The van der Waals surface area contributed by atoms with Crippen molar-refractivity contribution < 1.29 is 14.7 Å². The van der Waals surface area contributed by atoms with Crippen LogP contribution in [0.25, 0.3) is 0 Å². The lowest BCUT2D eigenvalue weighted by atomic mass is 10.2. The highest BCUT2D eigenvalue weighted by Crippen LogP contribution is 2.22. The van der Waals surface area contributed by atoms with Gasteiger partial charge in [0.05, 0.1) is 19.6 Å². The number of hydrogen-bond acceptors (Lipinski definition) is 3. The number of nitrogens with one attached hydrogen (secondary N) is 1.